The number of nitrogens with one attached hydrogen (secondary N) is 1. The Morgan fingerprint density at radius 1 is 1.29 bits per heavy atom. The van der Waals surface area contributed by atoms with Gasteiger partial charge in [0, 0.05) is 23.7 Å². The molecule has 2 N–H and O–H groups in total. The number of phenols is 1. The number of phenolic OH excluding ortho intramolecular Hbond substituents is 1. The molecule has 5 nitrogen and oxygen atoms in total. The van der Waals surface area contributed by atoms with E-state index in [1.807, 2.05) is 18.2 Å². The number of fused-ring (bicyclic) bond motifs is 1. The predicted molar refractivity (Wildman–Crippen MR) is 113 cm³/mol. The lowest BCUT2D eigenvalue weighted by molar-refractivity contribution is 0.0597. The van der Waals surface area contributed by atoms with Gasteiger partial charge in [-0.3, -0.25) is 0 Å². The zero-order valence-electron chi connectivity index (χ0n) is 14.8. The van der Waals surface area contributed by atoms with Crippen LogP contribution >= 0.6 is 34.9 Å². The summed E-state index contributed by atoms with van der Waals surface area (Å²) in [6.07, 6.45) is 0.916. The minimum absolute atomic E-state index is 0.125. The van der Waals surface area contributed by atoms with Gasteiger partial charge >= 0.3 is 5.97 Å². The molecule has 0 bridgehead atoms. The number of methoxy groups -OCH3 is 1. The summed E-state index contributed by atoms with van der Waals surface area (Å²) in [5, 5.41) is 9.99. The molecule has 2 aromatic carbocycles. The van der Waals surface area contributed by atoms with Gasteiger partial charge in [-0.15, -0.1) is 11.3 Å². The van der Waals surface area contributed by atoms with E-state index in [0.29, 0.717) is 10.0 Å². The van der Waals surface area contributed by atoms with E-state index < -0.39 is 5.97 Å². The van der Waals surface area contributed by atoms with Crippen LogP contribution in [0.4, 0.5) is 5.69 Å². The van der Waals surface area contributed by atoms with Crippen LogP contribution in [0, 0.1) is 0 Å². The molecule has 0 unspecified atom stereocenters. The van der Waals surface area contributed by atoms with Crippen LogP contribution in [0.3, 0.4) is 0 Å². The highest BCUT2D eigenvalue weighted by Gasteiger charge is 2.16. The maximum atomic E-state index is 11.5. The van der Waals surface area contributed by atoms with Gasteiger partial charge in [0.1, 0.15) is 21.4 Å². The standard InChI is InChI=1S/C20H16ClNO4S2/c1-25-20(24)14-4-3-13(9-16(14)23)22-28-18-10-15(19(21)27-18)11-2-5-17-12(8-11)6-7-26-17/h2-5,8-10,22-23H,6-7H2,1H3. The normalized spacial score (nSPS) is 12.4. The quantitative estimate of drug-likeness (QED) is 0.402. The average Bonchev–Trinajstić information content (AvgIpc) is 3.31. The minimum Gasteiger partial charge on any atom is -0.507 e. The Morgan fingerprint density at radius 2 is 2.14 bits per heavy atom. The topological polar surface area (TPSA) is 67.8 Å². The summed E-state index contributed by atoms with van der Waals surface area (Å²) >= 11 is 9.33. The van der Waals surface area contributed by atoms with Crippen molar-refractivity contribution >= 4 is 46.5 Å². The van der Waals surface area contributed by atoms with Crippen molar-refractivity contribution in [3.8, 4) is 22.6 Å². The number of carbonyl (C=O) groups excluding carboxylic acids is 1. The average molecular weight is 434 g/mol. The Labute approximate surface area is 175 Å². The first-order valence-corrected chi connectivity index (χ1v) is 10.5. The highest BCUT2D eigenvalue weighted by atomic mass is 35.5. The van der Waals surface area contributed by atoms with Crippen molar-refractivity contribution in [3.05, 3.63) is 57.9 Å². The van der Waals surface area contributed by atoms with Crippen LogP contribution in [0.2, 0.25) is 4.34 Å². The number of hydrogen-bond acceptors (Lipinski definition) is 7. The molecule has 3 aromatic rings. The third-order valence-corrected chi connectivity index (χ3v) is 6.65. The van der Waals surface area contributed by atoms with Gasteiger partial charge in [0.15, 0.2) is 0 Å². The third-order valence-electron chi connectivity index (χ3n) is 4.34. The van der Waals surface area contributed by atoms with Crippen LogP contribution in [-0.4, -0.2) is 24.8 Å². The molecule has 8 heteroatoms. The van der Waals surface area contributed by atoms with Gasteiger partial charge in [-0.05, 0) is 53.4 Å². The van der Waals surface area contributed by atoms with Crippen molar-refractivity contribution in [1.29, 1.82) is 0 Å². The highest BCUT2D eigenvalue weighted by Crippen LogP contribution is 2.42. The third kappa shape index (κ3) is 3.78. The van der Waals surface area contributed by atoms with Crippen LogP contribution in [0.15, 0.2) is 46.7 Å². The highest BCUT2D eigenvalue weighted by molar-refractivity contribution is 8.02. The van der Waals surface area contributed by atoms with E-state index >= 15 is 0 Å². The molecule has 1 aliphatic rings. The fourth-order valence-electron chi connectivity index (χ4n) is 2.94. The summed E-state index contributed by atoms with van der Waals surface area (Å²) in [4.78, 5) is 11.5. The second kappa shape index (κ2) is 7.95. The molecule has 0 amide bonds. The molecule has 144 valence electrons. The lowest BCUT2D eigenvalue weighted by Crippen LogP contribution is -2.01. The maximum Gasteiger partial charge on any atom is 0.341 e. The molecule has 2 heterocycles. The number of ether oxygens (including phenoxy) is 2. The number of anilines is 1. The van der Waals surface area contributed by atoms with E-state index in [9.17, 15) is 9.90 Å². The largest absolute Gasteiger partial charge is 0.507 e. The van der Waals surface area contributed by atoms with Gasteiger partial charge in [-0.25, -0.2) is 4.79 Å². The minimum atomic E-state index is -0.578. The Kier molecular flexibility index (Phi) is 5.39. The molecule has 0 saturated carbocycles. The predicted octanol–water partition coefficient (Wildman–Crippen LogP) is 5.61. The lowest BCUT2D eigenvalue weighted by atomic mass is 10.0. The molecular weight excluding hydrogens is 418 g/mol. The Balaban J connectivity index is 1.49. The van der Waals surface area contributed by atoms with Crippen molar-refractivity contribution in [2.75, 3.05) is 18.4 Å². The van der Waals surface area contributed by atoms with Crippen LogP contribution in [0.1, 0.15) is 15.9 Å². The molecule has 4 rings (SSSR count). The molecule has 0 atom stereocenters. The van der Waals surface area contributed by atoms with Gasteiger partial charge in [0.2, 0.25) is 0 Å². The molecular formula is C20H16ClNO4S2. The van der Waals surface area contributed by atoms with Crippen molar-refractivity contribution in [2.45, 2.75) is 10.6 Å². The van der Waals surface area contributed by atoms with Crippen LogP contribution in [0.5, 0.6) is 11.5 Å². The summed E-state index contributed by atoms with van der Waals surface area (Å²) in [6.45, 7) is 0.725. The summed E-state index contributed by atoms with van der Waals surface area (Å²) in [7, 11) is 1.27. The summed E-state index contributed by atoms with van der Waals surface area (Å²) in [6, 6.07) is 12.9. The van der Waals surface area contributed by atoms with Crippen molar-refractivity contribution in [1.82, 2.24) is 0 Å². The van der Waals surface area contributed by atoms with Gasteiger partial charge in [0.05, 0.1) is 17.9 Å². The SMILES string of the molecule is COC(=O)c1ccc(NSc2cc(-c3ccc4c(c3)CCO4)c(Cl)s2)cc1O. The number of rotatable bonds is 5. The molecule has 28 heavy (non-hydrogen) atoms. The van der Waals surface area contributed by atoms with Gasteiger partial charge in [0.25, 0.3) is 0 Å². The molecule has 0 fully saturated rings. The lowest BCUT2D eigenvalue weighted by Gasteiger charge is -2.07. The second-order valence-corrected chi connectivity index (χ2v) is 8.86. The monoisotopic (exact) mass is 433 g/mol. The van der Waals surface area contributed by atoms with E-state index in [1.165, 1.54) is 48.1 Å². The van der Waals surface area contributed by atoms with Crippen molar-refractivity contribution in [2.24, 2.45) is 0 Å². The van der Waals surface area contributed by atoms with Crippen LogP contribution < -0.4 is 9.46 Å². The van der Waals surface area contributed by atoms with Gasteiger partial charge in [-0.1, -0.05) is 17.7 Å². The number of benzene rings is 2. The van der Waals surface area contributed by atoms with E-state index in [0.717, 1.165) is 34.1 Å². The fourth-order valence-corrected chi connectivity index (χ4v) is 5.19. The number of hydrogen-bond donors (Lipinski definition) is 2. The molecule has 0 spiro atoms. The zero-order chi connectivity index (χ0) is 19.7. The molecule has 1 aromatic heterocycles. The first-order chi connectivity index (χ1) is 13.5. The molecule has 0 radical (unpaired) electrons. The first kappa shape index (κ1) is 19.0. The van der Waals surface area contributed by atoms with Crippen LogP contribution in [-0.2, 0) is 11.2 Å². The Hall–Kier alpha value is -2.35. The zero-order valence-corrected chi connectivity index (χ0v) is 17.2. The molecule has 0 saturated heterocycles. The van der Waals surface area contributed by atoms with Crippen molar-refractivity contribution in [3.63, 3.8) is 0 Å². The number of thiophene rings is 1. The molecule has 1 aliphatic heterocycles. The Morgan fingerprint density at radius 3 is 2.93 bits per heavy atom. The smallest absolute Gasteiger partial charge is 0.341 e. The van der Waals surface area contributed by atoms with Gasteiger partial charge in [-0.2, -0.15) is 0 Å². The van der Waals surface area contributed by atoms with E-state index in [1.54, 1.807) is 6.07 Å². The van der Waals surface area contributed by atoms with E-state index in [4.69, 9.17) is 16.3 Å². The fraction of sp³-hybridized carbons (Fsp3) is 0.150. The summed E-state index contributed by atoms with van der Waals surface area (Å²) in [5.74, 6) is 0.232. The summed E-state index contributed by atoms with van der Waals surface area (Å²) < 4.78 is 15.0. The number of aromatic hydroxyl groups is 1. The van der Waals surface area contributed by atoms with Crippen molar-refractivity contribution < 1.29 is 19.4 Å². The number of carbonyl (C=O) groups is 1. The van der Waals surface area contributed by atoms with Gasteiger partial charge < -0.3 is 19.3 Å². The maximum absolute atomic E-state index is 11.5. The van der Waals surface area contributed by atoms with E-state index in [-0.39, 0.29) is 11.3 Å². The number of esters is 1. The van der Waals surface area contributed by atoms with E-state index in [2.05, 4.69) is 15.5 Å². The summed E-state index contributed by atoms with van der Waals surface area (Å²) in [5.41, 5.74) is 4.04. The number of halogens is 1. The Bertz CT molecular complexity index is 1050. The van der Waals surface area contributed by atoms with Crippen LogP contribution in [0.25, 0.3) is 11.1 Å². The second-order valence-electron chi connectivity index (χ2n) is 6.10. The first-order valence-electron chi connectivity index (χ1n) is 8.45. The molecule has 0 aliphatic carbocycles.